The van der Waals surface area contributed by atoms with E-state index in [9.17, 15) is 9.90 Å². The molecule has 2 heterocycles. The number of hydrogen-bond donors (Lipinski definition) is 1. The van der Waals surface area contributed by atoms with Crippen molar-refractivity contribution >= 4 is 14.1 Å². The zero-order chi connectivity index (χ0) is 22.3. The van der Waals surface area contributed by atoms with Gasteiger partial charge in [0.05, 0.1) is 37.4 Å². The van der Waals surface area contributed by atoms with Crippen molar-refractivity contribution in [3.63, 3.8) is 0 Å². The van der Waals surface area contributed by atoms with Gasteiger partial charge in [-0.05, 0) is 37.5 Å². The van der Waals surface area contributed by atoms with Gasteiger partial charge in [-0.1, -0.05) is 51.1 Å². The van der Waals surface area contributed by atoms with E-state index in [4.69, 9.17) is 14.0 Å². The lowest BCUT2D eigenvalue weighted by molar-refractivity contribution is -0.239. The van der Waals surface area contributed by atoms with Gasteiger partial charge in [0.15, 0.2) is 14.1 Å². The summed E-state index contributed by atoms with van der Waals surface area (Å²) in [7, 11) is -2.25. The Hall–Kier alpha value is -1.09. The van der Waals surface area contributed by atoms with E-state index in [1.165, 1.54) is 0 Å². The predicted molar refractivity (Wildman–Crippen MR) is 118 cm³/mol. The Morgan fingerprint density at radius 2 is 1.87 bits per heavy atom. The number of carbonyl (C=O) groups excluding carboxylic acids is 1. The van der Waals surface area contributed by atoms with E-state index < -0.39 is 38.1 Å². The van der Waals surface area contributed by atoms with Gasteiger partial charge >= 0.3 is 0 Å². The Morgan fingerprint density at radius 3 is 2.43 bits per heavy atom. The van der Waals surface area contributed by atoms with Crippen LogP contribution in [0, 0.1) is 5.92 Å². The molecule has 2 saturated heterocycles. The maximum atomic E-state index is 13.7. The molecule has 2 fully saturated rings. The van der Waals surface area contributed by atoms with Crippen molar-refractivity contribution in [2.45, 2.75) is 83.1 Å². The molecule has 0 aromatic heterocycles. The number of aliphatic hydroxyl groups excluding tert-OH is 1. The molecule has 0 amide bonds. The fraction of sp³-hybridized carbons (Fsp3) is 0.696. The lowest BCUT2D eigenvalue weighted by Gasteiger charge is -2.45. The number of hydrogen-bond acceptors (Lipinski definition) is 6. The molecule has 1 aromatic carbocycles. The second-order valence-corrected chi connectivity index (χ2v) is 15.3. The Labute approximate surface area is 181 Å². The molecule has 0 unspecified atom stereocenters. The largest absolute Gasteiger partial charge is 0.409 e. The van der Waals surface area contributed by atoms with Gasteiger partial charge < -0.3 is 14.3 Å². The highest BCUT2D eigenvalue weighted by atomic mass is 28.4. The summed E-state index contributed by atoms with van der Waals surface area (Å²) in [6.07, 6.45) is -1.20. The normalized spacial score (nSPS) is 30.2. The van der Waals surface area contributed by atoms with Crippen LogP contribution in [0.2, 0.25) is 18.1 Å². The summed E-state index contributed by atoms with van der Waals surface area (Å²) in [4.78, 5) is 19.8. The Morgan fingerprint density at radius 1 is 1.23 bits per heavy atom. The molecule has 1 aromatic rings. The number of rotatable bonds is 5. The smallest absolute Gasteiger partial charge is 0.192 e. The van der Waals surface area contributed by atoms with Gasteiger partial charge in [-0.15, -0.1) is 0 Å². The van der Waals surface area contributed by atoms with Crippen LogP contribution in [0.1, 0.15) is 40.2 Å². The van der Waals surface area contributed by atoms with Crippen molar-refractivity contribution in [3.8, 4) is 0 Å². The predicted octanol–water partition coefficient (Wildman–Crippen LogP) is 3.55. The molecule has 2 aliphatic rings. The van der Waals surface area contributed by atoms with Crippen LogP contribution in [-0.4, -0.2) is 61.3 Å². The van der Waals surface area contributed by atoms with Gasteiger partial charge in [-0.3, -0.25) is 9.63 Å². The standard InChI is InChI=1S/C23H37NO5Si/c1-22(2,3)30(6,7)29-21-18(14-25)28-23(4,5)17-15-27-24(19(21)20(17)26)13-16-11-9-8-10-12-16/h8-12,17-19,21,25H,13-15H2,1-7H3/t17-,18+,19-,21+/m1/s1. The van der Waals surface area contributed by atoms with E-state index in [0.717, 1.165) is 5.56 Å². The Bertz CT molecular complexity index is 746. The van der Waals surface area contributed by atoms with Crippen LogP contribution < -0.4 is 0 Å². The number of nitrogens with zero attached hydrogens (tertiary/aromatic N) is 1. The van der Waals surface area contributed by atoms with Gasteiger partial charge in [0.1, 0.15) is 12.1 Å². The Balaban J connectivity index is 2.02. The second kappa shape index (κ2) is 8.45. The molecule has 0 spiro atoms. The lowest BCUT2D eigenvalue weighted by atomic mass is 9.83. The Kier molecular flexibility index (Phi) is 6.64. The van der Waals surface area contributed by atoms with Crippen LogP contribution in [0.4, 0.5) is 0 Å². The summed E-state index contributed by atoms with van der Waals surface area (Å²) in [5.41, 5.74) is 0.312. The highest BCUT2D eigenvalue weighted by Crippen LogP contribution is 2.42. The molecule has 2 bridgehead atoms. The third-order valence-corrected chi connectivity index (χ3v) is 11.4. The maximum Gasteiger partial charge on any atom is 0.192 e. The van der Waals surface area contributed by atoms with Gasteiger partial charge in [0.25, 0.3) is 0 Å². The molecule has 4 atom stereocenters. The van der Waals surface area contributed by atoms with Crippen molar-refractivity contribution in [1.29, 1.82) is 0 Å². The summed E-state index contributed by atoms with van der Waals surface area (Å²) in [5, 5.41) is 11.9. The number of ketones is 1. The highest BCUT2D eigenvalue weighted by Gasteiger charge is 2.56. The highest BCUT2D eigenvalue weighted by molar-refractivity contribution is 6.74. The topological polar surface area (TPSA) is 68.2 Å². The fourth-order valence-corrected chi connectivity index (χ4v) is 5.31. The minimum Gasteiger partial charge on any atom is -0.409 e. The van der Waals surface area contributed by atoms with Crippen LogP contribution >= 0.6 is 0 Å². The number of ether oxygens (including phenoxy) is 1. The van der Waals surface area contributed by atoms with Gasteiger partial charge in [-0.2, -0.15) is 5.06 Å². The molecule has 3 rings (SSSR count). The van der Waals surface area contributed by atoms with E-state index in [-0.39, 0.29) is 24.0 Å². The molecule has 7 heteroatoms. The SMILES string of the molecule is CC1(C)O[C@@H](CO)[C@H](O[Si](C)(C)C(C)(C)C)[C@H]2C(=O)[C@H]1CON2Cc1ccccc1. The molecule has 0 aliphatic carbocycles. The molecule has 0 radical (unpaired) electrons. The molecule has 30 heavy (non-hydrogen) atoms. The van der Waals surface area contributed by atoms with Crippen LogP contribution in [0.5, 0.6) is 0 Å². The summed E-state index contributed by atoms with van der Waals surface area (Å²) in [6.45, 7) is 15.1. The molecule has 1 N–H and O–H groups in total. The average molecular weight is 436 g/mol. The average Bonchev–Trinajstić information content (AvgIpc) is 2.68. The molecule has 0 saturated carbocycles. The first-order valence-corrected chi connectivity index (χ1v) is 13.7. The number of carbonyl (C=O) groups is 1. The molecular formula is C23H37NO5Si. The maximum absolute atomic E-state index is 13.7. The van der Waals surface area contributed by atoms with Crippen molar-refractivity contribution in [2.24, 2.45) is 5.92 Å². The van der Waals surface area contributed by atoms with Gasteiger partial charge in [0, 0.05) is 0 Å². The van der Waals surface area contributed by atoms with Gasteiger partial charge in [0.2, 0.25) is 0 Å². The number of Topliss-reactive ketones (excluding diaryl/α,β-unsaturated/α-hetero) is 1. The van der Waals surface area contributed by atoms with Crippen molar-refractivity contribution < 1.29 is 23.9 Å². The van der Waals surface area contributed by atoms with E-state index >= 15 is 0 Å². The third-order valence-electron chi connectivity index (χ3n) is 6.92. The number of fused-ring (bicyclic) bond motifs is 2. The number of hydroxylamine groups is 2. The summed E-state index contributed by atoms with van der Waals surface area (Å²) < 4.78 is 13.1. The molecule has 6 nitrogen and oxygen atoms in total. The quantitative estimate of drug-likeness (QED) is 0.714. The summed E-state index contributed by atoms with van der Waals surface area (Å²) in [6, 6.07) is 9.33. The first-order valence-electron chi connectivity index (χ1n) is 10.8. The fourth-order valence-electron chi connectivity index (χ4n) is 4.00. The lowest BCUT2D eigenvalue weighted by Crippen LogP contribution is -2.61. The van der Waals surface area contributed by atoms with Crippen LogP contribution in [0.25, 0.3) is 0 Å². The third kappa shape index (κ3) is 4.56. The molecular weight excluding hydrogens is 398 g/mol. The first kappa shape index (κ1) is 23.6. The van der Waals surface area contributed by atoms with Crippen molar-refractivity contribution in [2.75, 3.05) is 13.2 Å². The second-order valence-electron chi connectivity index (χ2n) is 10.5. The van der Waals surface area contributed by atoms with Crippen molar-refractivity contribution in [3.05, 3.63) is 35.9 Å². The van der Waals surface area contributed by atoms with Crippen LogP contribution in [0.3, 0.4) is 0 Å². The van der Waals surface area contributed by atoms with E-state index in [1.807, 2.05) is 44.2 Å². The summed E-state index contributed by atoms with van der Waals surface area (Å²) in [5.74, 6) is -0.335. The zero-order valence-electron chi connectivity index (χ0n) is 19.3. The zero-order valence-corrected chi connectivity index (χ0v) is 20.3. The summed E-state index contributed by atoms with van der Waals surface area (Å²) >= 11 is 0. The van der Waals surface area contributed by atoms with Gasteiger partial charge in [-0.25, -0.2) is 0 Å². The molecule has 168 valence electrons. The minimum atomic E-state index is -2.25. The van der Waals surface area contributed by atoms with E-state index in [0.29, 0.717) is 6.54 Å². The monoisotopic (exact) mass is 435 g/mol. The molecule has 2 aliphatic heterocycles. The van der Waals surface area contributed by atoms with E-state index in [2.05, 4.69) is 33.9 Å². The first-order chi connectivity index (χ1) is 13.9. The minimum absolute atomic E-state index is 0.0446. The van der Waals surface area contributed by atoms with Crippen LogP contribution in [0.15, 0.2) is 30.3 Å². The van der Waals surface area contributed by atoms with Crippen molar-refractivity contribution in [1.82, 2.24) is 5.06 Å². The number of aliphatic hydroxyl groups is 1. The van der Waals surface area contributed by atoms with Crippen LogP contribution in [-0.2, 0) is 25.3 Å². The number of benzene rings is 1. The van der Waals surface area contributed by atoms with E-state index in [1.54, 1.807) is 5.06 Å².